The molecule has 0 saturated heterocycles. The molecule has 0 bridgehead atoms. The number of carbonyl (C=O) groups is 1. The fourth-order valence-corrected chi connectivity index (χ4v) is 2.40. The Morgan fingerprint density at radius 1 is 1.44 bits per heavy atom. The van der Waals surface area contributed by atoms with Gasteiger partial charge in [-0.3, -0.25) is 0 Å². The predicted octanol–water partition coefficient (Wildman–Crippen LogP) is 2.44. The smallest absolute Gasteiger partial charge is 0.335 e. The van der Waals surface area contributed by atoms with Crippen LogP contribution in [0.3, 0.4) is 0 Å². The molecule has 94 valence electrons. The molecule has 0 amide bonds. The number of nitrogens with one attached hydrogen (secondary N) is 1. The fraction of sp³-hybridized carbons (Fsp3) is 0.231. The van der Waals surface area contributed by atoms with Gasteiger partial charge in [0.1, 0.15) is 0 Å². The van der Waals surface area contributed by atoms with Crippen molar-refractivity contribution in [3.63, 3.8) is 0 Å². The Hall–Kier alpha value is -1.72. The molecule has 4 nitrogen and oxygen atoms in total. The van der Waals surface area contributed by atoms with Crippen LogP contribution in [0.25, 0.3) is 0 Å². The lowest BCUT2D eigenvalue weighted by molar-refractivity contribution is 0.0696. The Labute approximate surface area is 109 Å². The summed E-state index contributed by atoms with van der Waals surface area (Å²) in [5.74, 6) is -0.894. The molecule has 0 aliphatic carbocycles. The van der Waals surface area contributed by atoms with Crippen LogP contribution in [0.5, 0.6) is 0 Å². The van der Waals surface area contributed by atoms with E-state index in [9.17, 15) is 4.79 Å². The van der Waals surface area contributed by atoms with Crippen molar-refractivity contribution in [2.75, 3.05) is 0 Å². The van der Waals surface area contributed by atoms with E-state index in [1.807, 2.05) is 19.2 Å². The van der Waals surface area contributed by atoms with Crippen molar-refractivity contribution >= 4 is 17.3 Å². The van der Waals surface area contributed by atoms with E-state index in [1.165, 1.54) is 4.88 Å². The maximum absolute atomic E-state index is 10.8. The first kappa shape index (κ1) is 12.7. The summed E-state index contributed by atoms with van der Waals surface area (Å²) >= 11 is 1.66. The summed E-state index contributed by atoms with van der Waals surface area (Å²) < 4.78 is 0. The largest absolute Gasteiger partial charge is 0.478 e. The number of hydrogen-bond donors (Lipinski definition) is 2. The van der Waals surface area contributed by atoms with Crippen molar-refractivity contribution in [2.24, 2.45) is 0 Å². The summed E-state index contributed by atoms with van der Waals surface area (Å²) in [4.78, 5) is 16.2. The van der Waals surface area contributed by atoms with Gasteiger partial charge in [0, 0.05) is 24.2 Å². The lowest BCUT2D eigenvalue weighted by Gasteiger charge is -2.04. The van der Waals surface area contributed by atoms with Gasteiger partial charge >= 0.3 is 5.97 Å². The van der Waals surface area contributed by atoms with Gasteiger partial charge in [-0.25, -0.2) is 9.78 Å². The fourth-order valence-electron chi connectivity index (χ4n) is 1.63. The van der Waals surface area contributed by atoms with E-state index in [-0.39, 0.29) is 0 Å². The summed E-state index contributed by atoms with van der Waals surface area (Å²) in [7, 11) is 0. The molecule has 1 aromatic carbocycles. The minimum Gasteiger partial charge on any atom is -0.478 e. The van der Waals surface area contributed by atoms with Crippen LogP contribution in [0.4, 0.5) is 0 Å². The van der Waals surface area contributed by atoms with Gasteiger partial charge in [0.25, 0.3) is 0 Å². The minimum atomic E-state index is -0.894. The van der Waals surface area contributed by atoms with Crippen LogP contribution in [0.2, 0.25) is 0 Å². The molecule has 18 heavy (non-hydrogen) atoms. The van der Waals surface area contributed by atoms with E-state index in [4.69, 9.17) is 5.11 Å². The lowest BCUT2D eigenvalue weighted by atomic mass is 10.1. The standard InChI is InChI=1S/C13H14N2O2S/c1-9-15-8-12(18-9)7-14-6-10-3-2-4-11(5-10)13(16)17/h2-5,8,14H,6-7H2,1H3,(H,16,17). The Kier molecular flexibility index (Phi) is 4.07. The highest BCUT2D eigenvalue weighted by atomic mass is 32.1. The third-order valence-corrected chi connectivity index (χ3v) is 3.38. The zero-order chi connectivity index (χ0) is 13.0. The number of benzene rings is 1. The third kappa shape index (κ3) is 3.38. The summed E-state index contributed by atoms with van der Waals surface area (Å²) in [6.07, 6.45) is 1.86. The quantitative estimate of drug-likeness (QED) is 0.868. The number of aromatic nitrogens is 1. The normalized spacial score (nSPS) is 10.5. The van der Waals surface area contributed by atoms with Crippen molar-refractivity contribution in [1.29, 1.82) is 0 Å². The van der Waals surface area contributed by atoms with Gasteiger partial charge in [-0.2, -0.15) is 0 Å². The van der Waals surface area contributed by atoms with E-state index < -0.39 is 5.97 Å². The average Bonchev–Trinajstić information content (AvgIpc) is 2.75. The van der Waals surface area contributed by atoms with Gasteiger partial charge in [-0.05, 0) is 24.6 Å². The SMILES string of the molecule is Cc1ncc(CNCc2cccc(C(=O)O)c2)s1. The molecular weight excluding hydrogens is 248 g/mol. The first-order valence-corrected chi connectivity index (χ1v) is 6.41. The third-order valence-electron chi connectivity index (χ3n) is 2.47. The van der Waals surface area contributed by atoms with Crippen LogP contribution in [0.1, 0.15) is 25.8 Å². The van der Waals surface area contributed by atoms with E-state index >= 15 is 0 Å². The van der Waals surface area contributed by atoms with Crippen molar-refractivity contribution in [3.8, 4) is 0 Å². The van der Waals surface area contributed by atoms with Crippen molar-refractivity contribution in [2.45, 2.75) is 20.0 Å². The Morgan fingerprint density at radius 3 is 2.94 bits per heavy atom. The molecule has 2 rings (SSSR count). The molecule has 5 heteroatoms. The van der Waals surface area contributed by atoms with Crippen molar-refractivity contribution in [1.82, 2.24) is 10.3 Å². The summed E-state index contributed by atoms with van der Waals surface area (Å²) in [6.45, 7) is 3.38. The predicted molar refractivity (Wildman–Crippen MR) is 70.8 cm³/mol. The van der Waals surface area contributed by atoms with Gasteiger partial charge in [0.05, 0.1) is 10.6 Å². The molecule has 0 aliphatic rings. The van der Waals surface area contributed by atoms with Crippen molar-refractivity contribution in [3.05, 3.63) is 51.5 Å². The maximum atomic E-state index is 10.8. The number of aryl methyl sites for hydroxylation is 1. The number of hydrogen-bond acceptors (Lipinski definition) is 4. The molecule has 0 radical (unpaired) electrons. The molecule has 0 unspecified atom stereocenters. The zero-order valence-electron chi connectivity index (χ0n) is 10.0. The van der Waals surface area contributed by atoms with Crippen LogP contribution < -0.4 is 5.32 Å². The monoisotopic (exact) mass is 262 g/mol. The molecule has 0 atom stereocenters. The Morgan fingerprint density at radius 2 is 2.28 bits per heavy atom. The van der Waals surface area contributed by atoms with Crippen molar-refractivity contribution < 1.29 is 9.90 Å². The van der Waals surface area contributed by atoms with E-state index in [0.29, 0.717) is 12.1 Å². The molecule has 0 fully saturated rings. The second kappa shape index (κ2) is 5.75. The number of thiazole rings is 1. The van der Waals surface area contributed by atoms with Crippen LogP contribution in [0.15, 0.2) is 30.5 Å². The van der Waals surface area contributed by atoms with Gasteiger partial charge in [0.2, 0.25) is 0 Å². The molecule has 1 aromatic heterocycles. The second-order valence-electron chi connectivity index (χ2n) is 3.95. The highest BCUT2D eigenvalue weighted by molar-refractivity contribution is 7.11. The summed E-state index contributed by atoms with van der Waals surface area (Å²) in [5, 5.41) is 13.2. The number of rotatable bonds is 5. The highest BCUT2D eigenvalue weighted by Gasteiger charge is 2.03. The van der Waals surface area contributed by atoms with Gasteiger partial charge in [0.15, 0.2) is 0 Å². The first-order valence-electron chi connectivity index (χ1n) is 5.59. The number of carboxylic acids is 1. The minimum absolute atomic E-state index is 0.322. The average molecular weight is 262 g/mol. The maximum Gasteiger partial charge on any atom is 0.335 e. The van der Waals surface area contributed by atoms with Gasteiger partial charge < -0.3 is 10.4 Å². The second-order valence-corrected chi connectivity index (χ2v) is 5.27. The van der Waals surface area contributed by atoms with Gasteiger partial charge in [-0.1, -0.05) is 12.1 Å². The van der Waals surface area contributed by atoms with Crippen LogP contribution in [-0.4, -0.2) is 16.1 Å². The van der Waals surface area contributed by atoms with Crippen LogP contribution >= 0.6 is 11.3 Å². The van der Waals surface area contributed by atoms with E-state index in [1.54, 1.807) is 29.5 Å². The van der Waals surface area contributed by atoms with Crippen LogP contribution in [-0.2, 0) is 13.1 Å². The topological polar surface area (TPSA) is 62.2 Å². The summed E-state index contributed by atoms with van der Waals surface area (Å²) in [6, 6.07) is 6.96. The Balaban J connectivity index is 1.90. The van der Waals surface area contributed by atoms with E-state index in [2.05, 4.69) is 10.3 Å². The zero-order valence-corrected chi connectivity index (χ0v) is 10.8. The summed E-state index contributed by atoms with van der Waals surface area (Å²) in [5.41, 5.74) is 1.29. The Bertz CT molecular complexity index is 551. The highest BCUT2D eigenvalue weighted by Crippen LogP contribution is 2.11. The number of nitrogens with zero attached hydrogens (tertiary/aromatic N) is 1. The molecule has 1 heterocycles. The molecule has 2 N–H and O–H groups in total. The van der Waals surface area contributed by atoms with E-state index in [0.717, 1.165) is 17.1 Å². The molecular formula is C13H14N2O2S. The number of carboxylic acid groups (broad SMARTS) is 1. The van der Waals surface area contributed by atoms with Gasteiger partial charge in [-0.15, -0.1) is 11.3 Å². The molecule has 0 spiro atoms. The first-order chi connectivity index (χ1) is 8.65. The lowest BCUT2D eigenvalue weighted by Crippen LogP contribution is -2.12. The number of aromatic carboxylic acids is 1. The molecule has 0 saturated carbocycles. The molecule has 2 aromatic rings. The van der Waals surface area contributed by atoms with Crippen LogP contribution in [0, 0.1) is 6.92 Å². The molecule has 0 aliphatic heterocycles.